The van der Waals surface area contributed by atoms with Crippen LogP contribution in [0.3, 0.4) is 0 Å². The topological polar surface area (TPSA) is 29.3 Å². The Balaban J connectivity index is 2.19. The molecule has 0 aromatic rings. The lowest BCUT2D eigenvalue weighted by Gasteiger charge is -2.57. The summed E-state index contributed by atoms with van der Waals surface area (Å²) in [6.45, 7) is 10.5. The Morgan fingerprint density at radius 1 is 1.28 bits per heavy atom. The zero-order chi connectivity index (χ0) is 13.2. The Hall–Kier alpha value is 0.270. The third-order valence-corrected chi connectivity index (χ3v) is 6.81. The second-order valence-corrected chi connectivity index (χ2v) is 8.08. The summed E-state index contributed by atoms with van der Waals surface area (Å²) in [7, 11) is 0. The van der Waals surface area contributed by atoms with Crippen LogP contribution in [0.1, 0.15) is 52.9 Å². The number of thioether (sulfide) groups is 1. The van der Waals surface area contributed by atoms with Crippen LogP contribution in [0.5, 0.6) is 0 Å². The molecule has 2 fully saturated rings. The predicted molar refractivity (Wildman–Crippen MR) is 82.1 cm³/mol. The van der Waals surface area contributed by atoms with Gasteiger partial charge in [0.05, 0.1) is 0 Å². The van der Waals surface area contributed by atoms with E-state index in [2.05, 4.69) is 37.4 Å². The Kier molecular flexibility index (Phi) is 4.66. The van der Waals surface area contributed by atoms with E-state index in [1.54, 1.807) is 0 Å². The maximum atomic E-state index is 6.28. The molecule has 2 unspecified atom stereocenters. The third-order valence-electron chi connectivity index (χ3n) is 5.44. The number of nitrogens with two attached hydrogens (primary N) is 1. The van der Waals surface area contributed by atoms with E-state index in [9.17, 15) is 0 Å². The van der Waals surface area contributed by atoms with E-state index in [-0.39, 0.29) is 5.54 Å². The molecule has 1 heterocycles. The van der Waals surface area contributed by atoms with Crippen LogP contribution in [0.2, 0.25) is 0 Å². The molecular weight excluding hydrogens is 240 g/mol. The van der Waals surface area contributed by atoms with E-state index < -0.39 is 0 Å². The molecule has 0 amide bonds. The molecule has 3 heteroatoms. The highest BCUT2D eigenvalue weighted by Crippen LogP contribution is 2.48. The average molecular weight is 270 g/mol. The normalized spacial score (nSPS) is 37.7. The van der Waals surface area contributed by atoms with Crippen molar-refractivity contribution >= 4 is 11.8 Å². The molecule has 1 saturated carbocycles. The molecular formula is C15H30N2S. The second-order valence-electron chi connectivity index (χ2n) is 6.67. The summed E-state index contributed by atoms with van der Waals surface area (Å²) < 4.78 is 0. The summed E-state index contributed by atoms with van der Waals surface area (Å²) in [4.78, 5) is 2.76. The van der Waals surface area contributed by atoms with Gasteiger partial charge < -0.3 is 5.73 Å². The van der Waals surface area contributed by atoms with Gasteiger partial charge in [0.2, 0.25) is 0 Å². The summed E-state index contributed by atoms with van der Waals surface area (Å²) in [5.41, 5.74) is 6.92. The second kappa shape index (κ2) is 5.72. The van der Waals surface area contributed by atoms with Crippen molar-refractivity contribution in [3.63, 3.8) is 0 Å². The quantitative estimate of drug-likeness (QED) is 0.854. The molecule has 0 aromatic heterocycles. The standard InChI is InChI=1S/C15H30N2S/c1-4-13-11-17(9-10-18-13)15(12-16)8-6-5-7-14(15,2)3/h13H,4-12,16H2,1-3H3. The van der Waals surface area contributed by atoms with Crippen molar-refractivity contribution in [2.24, 2.45) is 11.1 Å². The maximum Gasteiger partial charge on any atom is 0.0383 e. The van der Waals surface area contributed by atoms with Crippen molar-refractivity contribution in [1.82, 2.24) is 4.90 Å². The number of rotatable bonds is 3. The zero-order valence-corrected chi connectivity index (χ0v) is 13.2. The largest absolute Gasteiger partial charge is 0.329 e. The summed E-state index contributed by atoms with van der Waals surface area (Å²) in [6, 6.07) is 0. The Morgan fingerprint density at radius 2 is 2.00 bits per heavy atom. The van der Waals surface area contributed by atoms with Crippen LogP contribution in [0.25, 0.3) is 0 Å². The first-order chi connectivity index (χ1) is 8.55. The minimum atomic E-state index is 0.264. The lowest BCUT2D eigenvalue weighted by Crippen LogP contribution is -2.66. The average Bonchev–Trinajstić information content (AvgIpc) is 2.39. The fourth-order valence-corrected chi connectivity index (χ4v) is 5.18. The van der Waals surface area contributed by atoms with Gasteiger partial charge in [-0.1, -0.05) is 33.6 Å². The molecule has 106 valence electrons. The molecule has 2 aliphatic rings. The van der Waals surface area contributed by atoms with E-state index in [0.717, 1.165) is 11.8 Å². The van der Waals surface area contributed by atoms with Crippen LogP contribution >= 0.6 is 11.8 Å². The van der Waals surface area contributed by atoms with Gasteiger partial charge in [0.15, 0.2) is 0 Å². The Bertz CT molecular complexity index is 280. The zero-order valence-electron chi connectivity index (χ0n) is 12.4. The monoisotopic (exact) mass is 270 g/mol. The van der Waals surface area contributed by atoms with Gasteiger partial charge in [0.25, 0.3) is 0 Å². The first-order valence-corrected chi connectivity index (χ1v) is 8.67. The van der Waals surface area contributed by atoms with Gasteiger partial charge in [0, 0.05) is 36.2 Å². The highest BCUT2D eigenvalue weighted by Gasteiger charge is 2.50. The lowest BCUT2D eigenvalue weighted by molar-refractivity contribution is -0.0422. The van der Waals surface area contributed by atoms with Gasteiger partial charge in [-0.05, 0) is 24.7 Å². The van der Waals surface area contributed by atoms with Crippen molar-refractivity contribution in [2.45, 2.75) is 63.7 Å². The molecule has 1 aliphatic heterocycles. The summed E-state index contributed by atoms with van der Waals surface area (Å²) in [5.74, 6) is 1.29. The van der Waals surface area contributed by atoms with Crippen molar-refractivity contribution < 1.29 is 0 Å². The maximum absolute atomic E-state index is 6.28. The van der Waals surface area contributed by atoms with Gasteiger partial charge in [-0.2, -0.15) is 11.8 Å². The van der Waals surface area contributed by atoms with Crippen LogP contribution in [0, 0.1) is 5.41 Å². The fourth-order valence-electron chi connectivity index (χ4n) is 4.00. The van der Waals surface area contributed by atoms with Gasteiger partial charge in [-0.15, -0.1) is 0 Å². The van der Waals surface area contributed by atoms with Crippen LogP contribution < -0.4 is 5.73 Å². The fraction of sp³-hybridized carbons (Fsp3) is 1.00. The minimum Gasteiger partial charge on any atom is -0.329 e. The van der Waals surface area contributed by atoms with E-state index in [1.807, 2.05) is 0 Å². The Morgan fingerprint density at radius 3 is 2.61 bits per heavy atom. The molecule has 2 rings (SSSR count). The molecule has 2 N–H and O–H groups in total. The number of hydrogen-bond acceptors (Lipinski definition) is 3. The van der Waals surface area contributed by atoms with Crippen LogP contribution in [0.4, 0.5) is 0 Å². The van der Waals surface area contributed by atoms with E-state index in [1.165, 1.54) is 50.9 Å². The number of hydrogen-bond donors (Lipinski definition) is 1. The van der Waals surface area contributed by atoms with Gasteiger partial charge >= 0.3 is 0 Å². The van der Waals surface area contributed by atoms with Crippen LogP contribution in [-0.2, 0) is 0 Å². The molecule has 1 aliphatic carbocycles. The van der Waals surface area contributed by atoms with E-state index in [0.29, 0.717) is 5.41 Å². The first kappa shape index (κ1) is 14.7. The minimum absolute atomic E-state index is 0.264. The SMILES string of the molecule is CCC1CN(C2(CN)CCCCC2(C)C)CCS1. The first-order valence-electron chi connectivity index (χ1n) is 7.62. The number of nitrogens with zero attached hydrogens (tertiary/aromatic N) is 1. The molecule has 2 nitrogen and oxygen atoms in total. The lowest BCUT2D eigenvalue weighted by atomic mass is 9.62. The summed E-state index contributed by atoms with van der Waals surface area (Å²) >= 11 is 2.16. The molecule has 2 atom stereocenters. The van der Waals surface area contributed by atoms with E-state index in [4.69, 9.17) is 5.73 Å². The highest BCUT2D eigenvalue weighted by atomic mass is 32.2. The Labute approximate surface area is 117 Å². The predicted octanol–water partition coefficient (Wildman–Crippen LogP) is 3.11. The van der Waals surface area contributed by atoms with Crippen molar-refractivity contribution in [2.75, 3.05) is 25.4 Å². The highest BCUT2D eigenvalue weighted by molar-refractivity contribution is 8.00. The van der Waals surface area contributed by atoms with Crippen LogP contribution in [-0.4, -0.2) is 41.1 Å². The molecule has 1 saturated heterocycles. The van der Waals surface area contributed by atoms with Crippen molar-refractivity contribution in [3.05, 3.63) is 0 Å². The van der Waals surface area contributed by atoms with Gasteiger partial charge in [0.1, 0.15) is 0 Å². The van der Waals surface area contributed by atoms with Gasteiger partial charge in [-0.25, -0.2) is 0 Å². The van der Waals surface area contributed by atoms with E-state index >= 15 is 0 Å². The molecule has 0 spiro atoms. The van der Waals surface area contributed by atoms with Crippen molar-refractivity contribution in [3.8, 4) is 0 Å². The molecule has 0 bridgehead atoms. The van der Waals surface area contributed by atoms with Crippen LogP contribution in [0.15, 0.2) is 0 Å². The van der Waals surface area contributed by atoms with Gasteiger partial charge in [-0.3, -0.25) is 4.90 Å². The summed E-state index contributed by atoms with van der Waals surface area (Å²) in [5, 5.41) is 0.819. The summed E-state index contributed by atoms with van der Waals surface area (Å²) in [6.07, 6.45) is 6.68. The molecule has 0 radical (unpaired) electrons. The third kappa shape index (κ3) is 2.46. The molecule has 0 aromatic carbocycles. The molecule has 18 heavy (non-hydrogen) atoms. The smallest absolute Gasteiger partial charge is 0.0383 e. The van der Waals surface area contributed by atoms with Crippen molar-refractivity contribution in [1.29, 1.82) is 0 Å².